The number of hydrogen-bond acceptors (Lipinski definition) is 3. The first-order chi connectivity index (χ1) is 9.66. The van der Waals surface area contributed by atoms with Crippen LogP contribution in [-0.2, 0) is 0 Å². The van der Waals surface area contributed by atoms with Gasteiger partial charge in [0.05, 0.1) is 10.4 Å². The van der Waals surface area contributed by atoms with Gasteiger partial charge in [-0.05, 0) is 27.6 Å². The number of benzene rings is 2. The fourth-order valence-corrected chi connectivity index (χ4v) is 2.71. The van der Waals surface area contributed by atoms with Crippen molar-refractivity contribution in [2.45, 2.75) is 0 Å². The van der Waals surface area contributed by atoms with Gasteiger partial charge in [0.15, 0.2) is 0 Å². The fraction of sp³-hybridized carbons (Fsp3) is 0. The van der Waals surface area contributed by atoms with E-state index in [0.717, 1.165) is 26.5 Å². The first kappa shape index (κ1) is 12.7. The van der Waals surface area contributed by atoms with Crippen molar-refractivity contribution in [1.82, 2.24) is 4.98 Å². The zero-order valence-electron chi connectivity index (χ0n) is 10.3. The number of nitro benzene ring substituents is 1. The minimum Gasteiger partial charge on any atom is -0.258 e. The zero-order chi connectivity index (χ0) is 14.1. The monoisotopic (exact) mass is 328 g/mol. The second-order valence-electron chi connectivity index (χ2n) is 4.31. The molecule has 98 valence electrons. The highest BCUT2D eigenvalue weighted by molar-refractivity contribution is 9.10. The number of hydrogen-bond donors (Lipinski definition) is 0. The van der Waals surface area contributed by atoms with Gasteiger partial charge in [0.1, 0.15) is 0 Å². The Hall–Kier alpha value is -2.27. The van der Waals surface area contributed by atoms with Crippen molar-refractivity contribution in [3.05, 3.63) is 69.3 Å². The maximum Gasteiger partial charge on any atom is 0.270 e. The molecule has 0 fully saturated rings. The molecule has 5 heteroatoms. The SMILES string of the molecule is O=[N+]([O-])c1ccc2ncc(Br)c(-c3ccccc3)c2c1. The van der Waals surface area contributed by atoms with Crippen LogP contribution in [0.2, 0.25) is 0 Å². The van der Waals surface area contributed by atoms with Crippen LogP contribution in [0.15, 0.2) is 59.2 Å². The highest BCUT2D eigenvalue weighted by atomic mass is 79.9. The second-order valence-corrected chi connectivity index (χ2v) is 5.16. The number of pyridine rings is 1. The van der Waals surface area contributed by atoms with Gasteiger partial charge in [-0.2, -0.15) is 0 Å². The molecule has 3 rings (SSSR count). The zero-order valence-corrected chi connectivity index (χ0v) is 11.9. The lowest BCUT2D eigenvalue weighted by atomic mass is 10.0. The molecule has 20 heavy (non-hydrogen) atoms. The lowest BCUT2D eigenvalue weighted by Gasteiger charge is -2.08. The molecule has 0 saturated carbocycles. The van der Waals surface area contributed by atoms with E-state index in [-0.39, 0.29) is 5.69 Å². The Balaban J connectivity index is 2.37. The molecular formula is C15H9BrN2O2. The number of rotatable bonds is 2. The molecule has 0 amide bonds. The molecule has 4 nitrogen and oxygen atoms in total. The van der Waals surface area contributed by atoms with Gasteiger partial charge in [-0.15, -0.1) is 0 Å². The van der Waals surface area contributed by atoms with E-state index in [1.165, 1.54) is 6.07 Å². The van der Waals surface area contributed by atoms with Crippen LogP contribution >= 0.6 is 15.9 Å². The summed E-state index contributed by atoms with van der Waals surface area (Å²) in [4.78, 5) is 14.9. The highest BCUT2D eigenvalue weighted by Crippen LogP contribution is 2.35. The molecule has 0 radical (unpaired) electrons. The standard InChI is InChI=1S/C15H9BrN2O2/c16-13-9-17-14-7-6-11(18(19)20)8-12(14)15(13)10-4-2-1-3-5-10/h1-9H. The van der Waals surface area contributed by atoms with Crippen LogP contribution in [0.1, 0.15) is 0 Å². The van der Waals surface area contributed by atoms with E-state index in [1.54, 1.807) is 18.3 Å². The minimum atomic E-state index is -0.394. The highest BCUT2D eigenvalue weighted by Gasteiger charge is 2.13. The molecule has 1 heterocycles. The molecule has 0 aliphatic carbocycles. The number of nitrogens with zero attached hydrogens (tertiary/aromatic N) is 2. The molecule has 0 atom stereocenters. The predicted molar refractivity (Wildman–Crippen MR) is 81.5 cm³/mol. The van der Waals surface area contributed by atoms with Crippen molar-refractivity contribution in [3.63, 3.8) is 0 Å². The Morgan fingerprint density at radius 1 is 1.10 bits per heavy atom. The summed E-state index contributed by atoms with van der Waals surface area (Å²) in [5, 5.41) is 11.7. The Morgan fingerprint density at radius 3 is 2.55 bits per heavy atom. The van der Waals surface area contributed by atoms with E-state index in [0.29, 0.717) is 0 Å². The number of non-ortho nitro benzene ring substituents is 1. The second kappa shape index (κ2) is 5.02. The maximum atomic E-state index is 11.0. The van der Waals surface area contributed by atoms with Crippen LogP contribution in [0, 0.1) is 10.1 Å². The van der Waals surface area contributed by atoms with Gasteiger partial charge < -0.3 is 0 Å². The van der Waals surface area contributed by atoms with E-state index in [1.807, 2.05) is 30.3 Å². The van der Waals surface area contributed by atoms with Crippen molar-refractivity contribution < 1.29 is 4.92 Å². The van der Waals surface area contributed by atoms with Gasteiger partial charge in [-0.3, -0.25) is 15.1 Å². The third-order valence-corrected chi connectivity index (χ3v) is 3.68. The third kappa shape index (κ3) is 2.16. The maximum absolute atomic E-state index is 11.0. The summed E-state index contributed by atoms with van der Waals surface area (Å²) in [5.41, 5.74) is 2.71. The molecule has 0 aliphatic heterocycles. The van der Waals surface area contributed by atoms with Crippen molar-refractivity contribution in [1.29, 1.82) is 0 Å². The van der Waals surface area contributed by atoms with Crippen molar-refractivity contribution in [2.75, 3.05) is 0 Å². The van der Waals surface area contributed by atoms with Crippen molar-refractivity contribution >= 4 is 32.5 Å². The first-order valence-corrected chi connectivity index (χ1v) is 6.74. The van der Waals surface area contributed by atoms with Crippen LogP contribution in [0.25, 0.3) is 22.0 Å². The Labute approximate surface area is 123 Å². The van der Waals surface area contributed by atoms with Crippen LogP contribution in [0.4, 0.5) is 5.69 Å². The lowest BCUT2D eigenvalue weighted by molar-refractivity contribution is -0.384. The van der Waals surface area contributed by atoms with Gasteiger partial charge in [-0.1, -0.05) is 30.3 Å². The molecule has 0 saturated heterocycles. The van der Waals surface area contributed by atoms with Gasteiger partial charge in [0.2, 0.25) is 0 Å². The number of aromatic nitrogens is 1. The average Bonchev–Trinajstić information content (AvgIpc) is 2.47. The lowest BCUT2D eigenvalue weighted by Crippen LogP contribution is -1.91. The van der Waals surface area contributed by atoms with E-state index < -0.39 is 4.92 Å². The smallest absolute Gasteiger partial charge is 0.258 e. The molecule has 1 aromatic heterocycles. The number of nitro groups is 1. The summed E-state index contributed by atoms with van der Waals surface area (Å²) >= 11 is 3.48. The Kier molecular flexibility index (Phi) is 3.20. The summed E-state index contributed by atoms with van der Waals surface area (Å²) in [5.74, 6) is 0. The molecule has 0 spiro atoms. The Bertz CT molecular complexity index is 804. The molecule has 0 N–H and O–H groups in total. The van der Waals surface area contributed by atoms with Crippen LogP contribution in [0.3, 0.4) is 0 Å². The van der Waals surface area contributed by atoms with Crippen LogP contribution in [0.5, 0.6) is 0 Å². The summed E-state index contributed by atoms with van der Waals surface area (Å²) in [6.07, 6.45) is 1.72. The Morgan fingerprint density at radius 2 is 1.85 bits per heavy atom. The largest absolute Gasteiger partial charge is 0.270 e. The van der Waals surface area contributed by atoms with Crippen LogP contribution in [-0.4, -0.2) is 9.91 Å². The summed E-state index contributed by atoms with van der Waals surface area (Å²) in [6.45, 7) is 0. The molecule has 2 aromatic carbocycles. The molecular weight excluding hydrogens is 320 g/mol. The fourth-order valence-electron chi connectivity index (χ4n) is 2.17. The minimum absolute atomic E-state index is 0.0644. The number of halogens is 1. The summed E-state index contributed by atoms with van der Waals surface area (Å²) in [7, 11) is 0. The van der Waals surface area contributed by atoms with Gasteiger partial charge >= 0.3 is 0 Å². The molecule has 0 bridgehead atoms. The summed E-state index contributed by atoms with van der Waals surface area (Å²) in [6, 6.07) is 14.5. The molecule has 0 unspecified atom stereocenters. The quantitative estimate of drug-likeness (QED) is 0.511. The van der Waals surface area contributed by atoms with E-state index in [9.17, 15) is 10.1 Å². The van der Waals surface area contributed by atoms with Crippen molar-refractivity contribution in [2.24, 2.45) is 0 Å². The average molecular weight is 329 g/mol. The first-order valence-electron chi connectivity index (χ1n) is 5.95. The van der Waals surface area contributed by atoms with Crippen LogP contribution < -0.4 is 0 Å². The van der Waals surface area contributed by atoms with Gasteiger partial charge in [0, 0.05) is 33.8 Å². The topological polar surface area (TPSA) is 56.0 Å². The number of fused-ring (bicyclic) bond motifs is 1. The summed E-state index contributed by atoms with van der Waals surface area (Å²) < 4.78 is 0.816. The van der Waals surface area contributed by atoms with E-state index >= 15 is 0 Å². The van der Waals surface area contributed by atoms with Gasteiger partial charge in [0.25, 0.3) is 5.69 Å². The molecule has 3 aromatic rings. The van der Waals surface area contributed by atoms with E-state index in [4.69, 9.17) is 0 Å². The van der Waals surface area contributed by atoms with E-state index in [2.05, 4.69) is 20.9 Å². The predicted octanol–water partition coefficient (Wildman–Crippen LogP) is 4.57. The normalized spacial score (nSPS) is 10.7. The van der Waals surface area contributed by atoms with Gasteiger partial charge in [-0.25, -0.2) is 0 Å². The molecule has 0 aliphatic rings. The van der Waals surface area contributed by atoms with Crippen molar-refractivity contribution in [3.8, 4) is 11.1 Å². The third-order valence-electron chi connectivity index (χ3n) is 3.08.